The van der Waals surface area contributed by atoms with Gasteiger partial charge < -0.3 is 5.73 Å². The molecule has 0 aliphatic carbocycles. The summed E-state index contributed by atoms with van der Waals surface area (Å²) in [6.45, 7) is 0.446. The van der Waals surface area contributed by atoms with Crippen LogP contribution in [0, 0.1) is 5.82 Å². The van der Waals surface area contributed by atoms with E-state index in [9.17, 15) is 12.8 Å². The van der Waals surface area contributed by atoms with E-state index >= 15 is 0 Å². The summed E-state index contributed by atoms with van der Waals surface area (Å²) in [5.41, 5.74) is 5.67. The number of nitrogens with zero attached hydrogens (tertiary/aromatic N) is 1. The number of nitrogen functional groups attached to an aromatic ring is 1. The number of sulfonamides is 1. The first-order chi connectivity index (χ1) is 9.98. The summed E-state index contributed by atoms with van der Waals surface area (Å²) >= 11 is 1.54. The van der Waals surface area contributed by atoms with Crippen molar-refractivity contribution in [2.24, 2.45) is 0 Å². The molecular formula is C14H15FN2O2S2. The van der Waals surface area contributed by atoms with E-state index < -0.39 is 15.8 Å². The molecule has 1 saturated heterocycles. The van der Waals surface area contributed by atoms with Gasteiger partial charge >= 0.3 is 0 Å². The van der Waals surface area contributed by atoms with Crippen molar-refractivity contribution < 1.29 is 12.8 Å². The van der Waals surface area contributed by atoms with Gasteiger partial charge in [-0.15, -0.1) is 11.3 Å². The minimum Gasteiger partial charge on any atom is -0.399 e. The zero-order valence-electron chi connectivity index (χ0n) is 11.2. The second-order valence-corrected chi connectivity index (χ2v) is 7.88. The number of halogens is 1. The molecule has 0 radical (unpaired) electrons. The molecule has 4 nitrogen and oxygen atoms in total. The van der Waals surface area contributed by atoms with Gasteiger partial charge in [0.2, 0.25) is 10.0 Å². The predicted octanol–water partition coefficient (Wildman–Crippen LogP) is 3.00. The molecule has 1 aromatic heterocycles. The molecule has 0 saturated carbocycles. The Morgan fingerprint density at radius 3 is 2.81 bits per heavy atom. The van der Waals surface area contributed by atoms with E-state index in [0.717, 1.165) is 29.9 Å². The van der Waals surface area contributed by atoms with Crippen LogP contribution in [0.2, 0.25) is 0 Å². The van der Waals surface area contributed by atoms with Crippen LogP contribution in [0.5, 0.6) is 0 Å². The van der Waals surface area contributed by atoms with Gasteiger partial charge in [0.15, 0.2) is 0 Å². The molecule has 0 amide bonds. The second-order valence-electron chi connectivity index (χ2n) is 5.01. The number of hydrogen-bond donors (Lipinski definition) is 1. The third kappa shape index (κ3) is 2.68. The molecule has 1 unspecified atom stereocenters. The normalized spacial score (nSPS) is 20.0. The molecule has 2 aromatic rings. The van der Waals surface area contributed by atoms with E-state index in [2.05, 4.69) is 0 Å². The molecule has 1 aliphatic heterocycles. The summed E-state index contributed by atoms with van der Waals surface area (Å²) in [7, 11) is -3.74. The molecule has 3 rings (SSSR count). The lowest BCUT2D eigenvalue weighted by Gasteiger charge is -2.23. The van der Waals surface area contributed by atoms with E-state index in [4.69, 9.17) is 5.73 Å². The molecule has 0 spiro atoms. The molecule has 7 heteroatoms. The molecule has 21 heavy (non-hydrogen) atoms. The average molecular weight is 326 g/mol. The maximum absolute atomic E-state index is 13.5. The van der Waals surface area contributed by atoms with Crippen molar-refractivity contribution in [2.45, 2.75) is 23.8 Å². The number of anilines is 1. The van der Waals surface area contributed by atoms with Crippen LogP contribution in [0.1, 0.15) is 23.8 Å². The Hall–Kier alpha value is -1.44. The molecule has 112 valence electrons. The van der Waals surface area contributed by atoms with Gasteiger partial charge in [0.05, 0.1) is 10.9 Å². The van der Waals surface area contributed by atoms with E-state index in [-0.39, 0.29) is 16.6 Å². The smallest absolute Gasteiger partial charge is 0.243 e. The van der Waals surface area contributed by atoms with Crippen LogP contribution in [-0.2, 0) is 10.0 Å². The van der Waals surface area contributed by atoms with Gasteiger partial charge in [0.1, 0.15) is 5.82 Å². The van der Waals surface area contributed by atoms with Crippen molar-refractivity contribution in [2.75, 3.05) is 12.3 Å². The van der Waals surface area contributed by atoms with Crippen LogP contribution in [0.25, 0.3) is 0 Å². The van der Waals surface area contributed by atoms with Gasteiger partial charge in [-0.3, -0.25) is 0 Å². The van der Waals surface area contributed by atoms with Gasteiger partial charge in [-0.25, -0.2) is 12.8 Å². The quantitative estimate of drug-likeness (QED) is 0.882. The van der Waals surface area contributed by atoms with Crippen LogP contribution in [0.15, 0.2) is 40.6 Å². The number of nitrogens with two attached hydrogens (primary N) is 1. The standard InChI is InChI=1S/C14H15FN2O2S2/c15-10-7-11(16)9-12(8-10)21(18,19)17-5-1-3-13(17)14-4-2-6-20-14/h2,4,6-9,13H,1,3,5,16H2. The molecule has 0 bridgehead atoms. The van der Waals surface area contributed by atoms with Crippen molar-refractivity contribution >= 4 is 27.0 Å². The Labute approximate surface area is 127 Å². The number of hydrogen-bond acceptors (Lipinski definition) is 4. The molecule has 1 atom stereocenters. The summed E-state index contributed by atoms with van der Waals surface area (Å²) in [5, 5.41) is 1.93. The van der Waals surface area contributed by atoms with Crippen molar-refractivity contribution in [3.05, 3.63) is 46.4 Å². The maximum Gasteiger partial charge on any atom is 0.243 e. The van der Waals surface area contributed by atoms with Crippen molar-refractivity contribution in [3.63, 3.8) is 0 Å². The van der Waals surface area contributed by atoms with Gasteiger partial charge in [0, 0.05) is 17.1 Å². The largest absolute Gasteiger partial charge is 0.399 e. The summed E-state index contributed by atoms with van der Waals surface area (Å²) in [6, 6.07) is 7.11. The topological polar surface area (TPSA) is 63.4 Å². The Morgan fingerprint density at radius 1 is 1.33 bits per heavy atom. The van der Waals surface area contributed by atoms with Gasteiger partial charge in [-0.2, -0.15) is 4.31 Å². The molecule has 1 aromatic carbocycles. The summed E-state index contributed by atoms with van der Waals surface area (Å²) in [5.74, 6) is -0.638. The Kier molecular flexibility index (Phi) is 3.73. The lowest BCUT2D eigenvalue weighted by atomic mass is 10.2. The number of benzene rings is 1. The van der Waals surface area contributed by atoms with Crippen molar-refractivity contribution in [3.8, 4) is 0 Å². The fraction of sp³-hybridized carbons (Fsp3) is 0.286. The predicted molar refractivity (Wildman–Crippen MR) is 81.0 cm³/mol. The van der Waals surface area contributed by atoms with Gasteiger partial charge in [-0.1, -0.05) is 6.07 Å². The number of thiophene rings is 1. The molecule has 2 heterocycles. The van der Waals surface area contributed by atoms with E-state index in [1.54, 1.807) is 0 Å². The molecule has 1 aliphatic rings. The van der Waals surface area contributed by atoms with Gasteiger partial charge in [-0.05, 0) is 42.5 Å². The SMILES string of the molecule is Nc1cc(F)cc(S(=O)(=O)N2CCCC2c2cccs2)c1. The number of rotatable bonds is 3. The summed E-state index contributed by atoms with van der Waals surface area (Å²) in [4.78, 5) is 0.934. The zero-order valence-corrected chi connectivity index (χ0v) is 12.8. The van der Waals surface area contributed by atoms with Crippen LogP contribution in [-0.4, -0.2) is 19.3 Å². The molecular weight excluding hydrogens is 311 g/mol. The highest BCUT2D eigenvalue weighted by molar-refractivity contribution is 7.89. The van der Waals surface area contributed by atoms with E-state index in [1.165, 1.54) is 21.7 Å². The van der Waals surface area contributed by atoms with Crippen molar-refractivity contribution in [1.29, 1.82) is 0 Å². The van der Waals surface area contributed by atoms with E-state index in [0.29, 0.717) is 6.54 Å². The monoisotopic (exact) mass is 326 g/mol. The first-order valence-corrected chi connectivity index (χ1v) is 8.92. The highest BCUT2D eigenvalue weighted by Gasteiger charge is 2.36. The highest BCUT2D eigenvalue weighted by atomic mass is 32.2. The van der Waals surface area contributed by atoms with Crippen molar-refractivity contribution in [1.82, 2.24) is 4.31 Å². The average Bonchev–Trinajstić information content (AvgIpc) is 3.08. The highest BCUT2D eigenvalue weighted by Crippen LogP contribution is 2.38. The first-order valence-electron chi connectivity index (χ1n) is 6.60. The Morgan fingerprint density at radius 2 is 2.14 bits per heavy atom. The third-order valence-corrected chi connectivity index (χ3v) is 6.43. The lowest BCUT2D eigenvalue weighted by molar-refractivity contribution is 0.400. The van der Waals surface area contributed by atoms with E-state index in [1.807, 2.05) is 17.5 Å². The second kappa shape index (κ2) is 5.40. The minimum atomic E-state index is -3.74. The van der Waals surface area contributed by atoms with Crippen LogP contribution >= 0.6 is 11.3 Å². The van der Waals surface area contributed by atoms with Crippen LogP contribution in [0.4, 0.5) is 10.1 Å². The Balaban J connectivity index is 2.01. The fourth-order valence-corrected chi connectivity index (χ4v) is 5.34. The van der Waals surface area contributed by atoms with Crippen LogP contribution in [0.3, 0.4) is 0 Å². The summed E-state index contributed by atoms with van der Waals surface area (Å²) < 4.78 is 40.4. The molecule has 1 fully saturated rings. The maximum atomic E-state index is 13.5. The fourth-order valence-electron chi connectivity index (χ4n) is 2.66. The minimum absolute atomic E-state index is 0.0801. The van der Waals surface area contributed by atoms with Crippen LogP contribution < -0.4 is 5.73 Å². The first kappa shape index (κ1) is 14.5. The van der Waals surface area contributed by atoms with Gasteiger partial charge in [0.25, 0.3) is 0 Å². The Bertz CT molecular complexity index is 724. The zero-order chi connectivity index (χ0) is 15.0. The molecule has 2 N–H and O–H groups in total. The summed E-state index contributed by atoms with van der Waals surface area (Å²) in [6.07, 6.45) is 1.58. The third-order valence-electron chi connectivity index (χ3n) is 3.58. The lowest BCUT2D eigenvalue weighted by Crippen LogP contribution is -2.30.